The summed E-state index contributed by atoms with van der Waals surface area (Å²) in [6.45, 7) is 0.408. The molecule has 0 bridgehead atoms. The zero-order valence-corrected chi connectivity index (χ0v) is 20.9. The third-order valence-corrected chi connectivity index (χ3v) is 6.20. The molecule has 0 atom stereocenters. The summed E-state index contributed by atoms with van der Waals surface area (Å²) in [7, 11) is 3.08. The second-order valence-electron chi connectivity index (χ2n) is 8.40. The number of amides is 2. The second-order valence-corrected chi connectivity index (χ2v) is 8.84. The summed E-state index contributed by atoms with van der Waals surface area (Å²) < 4.78 is 21.6. The second kappa shape index (κ2) is 10.3. The molecule has 2 heterocycles. The number of urea groups is 1. The normalized spacial score (nSPS) is 11.9. The predicted octanol–water partition coefficient (Wildman–Crippen LogP) is 5.16. The van der Waals surface area contributed by atoms with Gasteiger partial charge in [-0.15, -0.1) is 0 Å². The number of rotatable bonds is 7. The van der Waals surface area contributed by atoms with Gasteiger partial charge >= 0.3 is 6.03 Å². The molecule has 0 aliphatic carbocycles. The largest absolute Gasteiger partial charge is 0.493 e. The summed E-state index contributed by atoms with van der Waals surface area (Å²) >= 11 is 6.09. The highest BCUT2D eigenvalue weighted by Crippen LogP contribution is 2.33. The highest BCUT2D eigenvalue weighted by atomic mass is 35.5. The van der Waals surface area contributed by atoms with Gasteiger partial charge in [-0.2, -0.15) is 0 Å². The van der Waals surface area contributed by atoms with Crippen LogP contribution in [0.1, 0.15) is 11.1 Å². The molecular weight excluding hydrogens is 498 g/mol. The summed E-state index contributed by atoms with van der Waals surface area (Å²) in [5.41, 5.74) is 2.04. The van der Waals surface area contributed by atoms with Crippen LogP contribution in [0.4, 0.5) is 10.5 Å². The fourth-order valence-electron chi connectivity index (χ4n) is 4.13. The highest BCUT2D eigenvalue weighted by Gasteiger charge is 2.20. The van der Waals surface area contributed by atoms with Crippen LogP contribution < -0.4 is 29.8 Å². The van der Waals surface area contributed by atoms with Gasteiger partial charge in [0.2, 0.25) is 6.79 Å². The van der Waals surface area contributed by atoms with E-state index in [4.69, 9.17) is 30.5 Å². The Morgan fingerprint density at radius 1 is 1.00 bits per heavy atom. The van der Waals surface area contributed by atoms with Crippen LogP contribution in [0.5, 0.6) is 23.0 Å². The molecule has 5 rings (SSSR count). The number of carbonyl (C=O) groups is 1. The molecule has 2 amide bonds. The molecule has 2 N–H and O–H groups in total. The highest BCUT2D eigenvalue weighted by molar-refractivity contribution is 6.30. The van der Waals surface area contributed by atoms with Crippen molar-refractivity contribution in [2.24, 2.45) is 0 Å². The van der Waals surface area contributed by atoms with E-state index in [1.54, 1.807) is 55.6 Å². The number of nitrogens with one attached hydrogen (secondary N) is 2. The van der Waals surface area contributed by atoms with E-state index in [1.807, 2.05) is 12.1 Å². The molecule has 0 fully saturated rings. The molecule has 1 aliphatic heterocycles. The minimum atomic E-state index is -0.397. The quantitative estimate of drug-likeness (QED) is 0.348. The molecule has 9 nitrogen and oxygen atoms in total. The summed E-state index contributed by atoms with van der Waals surface area (Å²) in [5, 5.41) is 4.10. The van der Waals surface area contributed by atoms with E-state index in [9.17, 15) is 9.59 Å². The molecule has 1 aliphatic rings. The Morgan fingerprint density at radius 3 is 2.57 bits per heavy atom. The maximum Gasteiger partial charge on any atom is 0.322 e. The van der Waals surface area contributed by atoms with Crippen molar-refractivity contribution in [3.63, 3.8) is 0 Å². The van der Waals surface area contributed by atoms with Crippen molar-refractivity contribution >= 4 is 34.2 Å². The van der Waals surface area contributed by atoms with E-state index in [2.05, 4.69) is 10.3 Å². The number of H-pyrrole nitrogens is 1. The third kappa shape index (κ3) is 5.26. The fourth-order valence-corrected chi connectivity index (χ4v) is 4.32. The van der Waals surface area contributed by atoms with Crippen LogP contribution in [-0.4, -0.2) is 36.9 Å². The van der Waals surface area contributed by atoms with Crippen LogP contribution in [0.2, 0.25) is 5.02 Å². The number of benzene rings is 3. The van der Waals surface area contributed by atoms with Crippen molar-refractivity contribution in [1.82, 2.24) is 9.88 Å². The number of anilines is 1. The molecular formula is C27H24ClN3O6. The fraction of sp³-hybridized carbons (Fsp3) is 0.185. The minimum absolute atomic E-state index is 0.0421. The molecule has 0 saturated carbocycles. The Bertz CT molecular complexity index is 1540. The molecule has 0 spiro atoms. The van der Waals surface area contributed by atoms with Crippen molar-refractivity contribution in [1.29, 1.82) is 0 Å². The van der Waals surface area contributed by atoms with Gasteiger partial charge in [-0.25, -0.2) is 4.79 Å². The number of pyridine rings is 1. The van der Waals surface area contributed by atoms with Crippen molar-refractivity contribution in [2.75, 3.05) is 26.3 Å². The average Bonchev–Trinajstić information content (AvgIpc) is 3.36. The van der Waals surface area contributed by atoms with E-state index in [-0.39, 0.29) is 25.4 Å². The van der Waals surface area contributed by atoms with Gasteiger partial charge in [0, 0.05) is 34.3 Å². The lowest BCUT2D eigenvalue weighted by Crippen LogP contribution is -2.35. The van der Waals surface area contributed by atoms with Gasteiger partial charge in [-0.05, 0) is 48.0 Å². The van der Waals surface area contributed by atoms with Gasteiger partial charge in [0.1, 0.15) is 0 Å². The van der Waals surface area contributed by atoms with Crippen molar-refractivity contribution in [3.8, 4) is 23.0 Å². The summed E-state index contributed by atoms with van der Waals surface area (Å²) in [5.74, 6) is 2.29. The molecule has 3 aromatic carbocycles. The number of methoxy groups -OCH3 is 2. The first kappa shape index (κ1) is 24.3. The Hall–Kier alpha value is -4.37. The molecule has 0 radical (unpaired) electrons. The lowest BCUT2D eigenvalue weighted by molar-refractivity contribution is 0.174. The third-order valence-electron chi connectivity index (χ3n) is 5.96. The zero-order valence-electron chi connectivity index (χ0n) is 20.2. The van der Waals surface area contributed by atoms with Gasteiger partial charge in [0.15, 0.2) is 23.0 Å². The van der Waals surface area contributed by atoms with Crippen molar-refractivity contribution < 1.29 is 23.7 Å². The predicted molar refractivity (Wildman–Crippen MR) is 140 cm³/mol. The number of hydrogen-bond acceptors (Lipinski definition) is 6. The van der Waals surface area contributed by atoms with E-state index >= 15 is 0 Å². The number of carbonyl (C=O) groups excluding carboxylic acids is 1. The lowest BCUT2D eigenvalue weighted by atomic mass is 10.1. The van der Waals surface area contributed by atoms with Gasteiger partial charge in [0.25, 0.3) is 5.56 Å². The van der Waals surface area contributed by atoms with Crippen molar-refractivity contribution in [3.05, 3.63) is 87.2 Å². The maximum absolute atomic E-state index is 13.4. The van der Waals surface area contributed by atoms with Crippen LogP contribution in [0.25, 0.3) is 10.9 Å². The first-order valence-corrected chi connectivity index (χ1v) is 11.8. The maximum atomic E-state index is 13.4. The number of nitrogens with zero attached hydrogens (tertiary/aromatic N) is 1. The zero-order chi connectivity index (χ0) is 25.9. The van der Waals surface area contributed by atoms with Gasteiger partial charge in [0.05, 0.1) is 26.3 Å². The number of fused-ring (bicyclic) bond motifs is 2. The number of aromatic amines is 1. The Labute approximate surface area is 217 Å². The first-order chi connectivity index (χ1) is 17.9. The summed E-state index contributed by atoms with van der Waals surface area (Å²) in [6.07, 6.45) is 0. The smallest absolute Gasteiger partial charge is 0.322 e. The standard InChI is InChI=1S/C27H24ClN3O6/c1-34-23-10-17-9-18(26(32)30-21(17)12-24(23)35-2)14-31(27(33)29-20-5-3-4-19(28)11-20)13-16-6-7-22-25(8-16)37-15-36-22/h3-12H,13-15H2,1-2H3,(H,29,33)(H,30,32). The number of aromatic nitrogens is 1. The first-order valence-electron chi connectivity index (χ1n) is 11.4. The molecule has 190 valence electrons. The number of halogens is 1. The minimum Gasteiger partial charge on any atom is -0.493 e. The molecule has 0 unspecified atom stereocenters. The molecule has 0 saturated heterocycles. The van der Waals surface area contributed by atoms with Crippen LogP contribution in [-0.2, 0) is 13.1 Å². The Kier molecular flexibility index (Phi) is 6.78. The topological polar surface area (TPSA) is 102 Å². The van der Waals surface area contributed by atoms with Crippen LogP contribution in [0.3, 0.4) is 0 Å². The molecule has 4 aromatic rings. The van der Waals surface area contributed by atoms with Crippen LogP contribution in [0, 0.1) is 0 Å². The summed E-state index contributed by atoms with van der Waals surface area (Å²) in [4.78, 5) is 30.8. The Morgan fingerprint density at radius 2 is 1.78 bits per heavy atom. The van der Waals surface area contributed by atoms with Gasteiger partial charge in [-0.1, -0.05) is 23.7 Å². The Balaban J connectivity index is 1.48. The number of ether oxygens (including phenoxy) is 4. The van der Waals surface area contributed by atoms with E-state index in [1.165, 1.54) is 12.0 Å². The SMILES string of the molecule is COc1cc2cc(CN(Cc3ccc4c(c3)OCO4)C(=O)Nc3cccc(Cl)c3)c(=O)[nH]c2cc1OC. The molecule has 37 heavy (non-hydrogen) atoms. The van der Waals surface area contributed by atoms with Crippen molar-refractivity contribution in [2.45, 2.75) is 13.1 Å². The summed E-state index contributed by atoms with van der Waals surface area (Å²) in [6, 6.07) is 17.2. The van der Waals surface area contributed by atoms with Crippen LogP contribution >= 0.6 is 11.6 Å². The van der Waals surface area contributed by atoms with E-state index < -0.39 is 6.03 Å². The lowest BCUT2D eigenvalue weighted by Gasteiger charge is -2.23. The molecule has 10 heteroatoms. The van der Waals surface area contributed by atoms with Crippen LogP contribution in [0.15, 0.2) is 65.5 Å². The van der Waals surface area contributed by atoms with Gasteiger partial charge in [-0.3, -0.25) is 4.79 Å². The van der Waals surface area contributed by atoms with E-state index in [0.29, 0.717) is 44.8 Å². The van der Waals surface area contributed by atoms with E-state index in [0.717, 1.165) is 10.9 Å². The monoisotopic (exact) mass is 521 g/mol. The average molecular weight is 522 g/mol. The molecule has 1 aromatic heterocycles. The van der Waals surface area contributed by atoms with Gasteiger partial charge < -0.3 is 34.1 Å². The number of hydrogen-bond donors (Lipinski definition) is 2.